The zero-order valence-corrected chi connectivity index (χ0v) is 11.4. The van der Waals surface area contributed by atoms with Gasteiger partial charge in [0.1, 0.15) is 12.4 Å². The van der Waals surface area contributed by atoms with Crippen molar-refractivity contribution < 1.29 is 23.7 Å². The first kappa shape index (κ1) is 13.8. The van der Waals surface area contributed by atoms with Crippen LogP contribution in [0.2, 0.25) is 0 Å². The van der Waals surface area contributed by atoms with E-state index in [4.69, 9.17) is 18.9 Å². The van der Waals surface area contributed by atoms with Crippen LogP contribution in [-0.4, -0.2) is 39.2 Å². The summed E-state index contributed by atoms with van der Waals surface area (Å²) in [5.74, 6) is 0.373. The topological polar surface area (TPSA) is 54.0 Å². The average molecular weight is 266 g/mol. The largest absolute Gasteiger partial charge is 0.496 e. The molecule has 1 aliphatic heterocycles. The van der Waals surface area contributed by atoms with Crippen LogP contribution in [0.4, 0.5) is 0 Å². The first-order valence-electron chi connectivity index (χ1n) is 6.17. The van der Waals surface area contributed by atoms with Gasteiger partial charge in [0.05, 0.1) is 25.9 Å². The molecule has 104 valence electrons. The minimum atomic E-state index is -0.621. The number of methoxy groups -OCH3 is 1. The molecule has 0 aromatic heterocycles. The Morgan fingerprint density at radius 2 is 1.95 bits per heavy atom. The average Bonchev–Trinajstić information content (AvgIpc) is 2.39. The highest BCUT2D eigenvalue weighted by molar-refractivity contribution is 5.90. The third-order valence-corrected chi connectivity index (χ3v) is 2.92. The van der Waals surface area contributed by atoms with Gasteiger partial charge in [0, 0.05) is 0 Å². The number of aryl methyl sites for hydroxylation is 2. The van der Waals surface area contributed by atoms with Gasteiger partial charge in [-0.25, -0.2) is 4.79 Å². The molecule has 5 heteroatoms. The number of hydrogen-bond donors (Lipinski definition) is 0. The Morgan fingerprint density at radius 1 is 1.26 bits per heavy atom. The molecular formula is C14H18O5. The van der Waals surface area contributed by atoms with Gasteiger partial charge in [0.2, 0.25) is 6.29 Å². The lowest BCUT2D eigenvalue weighted by molar-refractivity contribution is -0.186. The summed E-state index contributed by atoms with van der Waals surface area (Å²) in [5.41, 5.74) is 2.29. The van der Waals surface area contributed by atoms with Crippen LogP contribution in [0.3, 0.4) is 0 Å². The van der Waals surface area contributed by atoms with E-state index in [0.717, 1.165) is 16.9 Å². The molecule has 1 aromatic carbocycles. The molecule has 0 saturated carbocycles. The van der Waals surface area contributed by atoms with Crippen LogP contribution in [0.25, 0.3) is 0 Å². The van der Waals surface area contributed by atoms with Gasteiger partial charge in [-0.3, -0.25) is 0 Å². The molecule has 19 heavy (non-hydrogen) atoms. The summed E-state index contributed by atoms with van der Waals surface area (Å²) >= 11 is 0. The second-order valence-electron chi connectivity index (χ2n) is 4.42. The Labute approximate surface area is 112 Å². The Bertz CT molecular complexity index is 440. The maximum Gasteiger partial charge on any atom is 0.340 e. The normalized spacial score (nSPS) is 19.0. The highest BCUT2D eigenvalue weighted by atomic mass is 16.7. The molecule has 2 rings (SSSR count). The van der Waals surface area contributed by atoms with Gasteiger partial charge in [-0.1, -0.05) is 0 Å². The van der Waals surface area contributed by atoms with Crippen molar-refractivity contribution in [1.82, 2.24) is 0 Å². The zero-order valence-electron chi connectivity index (χ0n) is 11.4. The van der Waals surface area contributed by atoms with E-state index < -0.39 is 12.3 Å². The van der Waals surface area contributed by atoms with Crippen molar-refractivity contribution in [1.29, 1.82) is 0 Å². The summed E-state index contributed by atoms with van der Waals surface area (Å²) in [6, 6.07) is 3.50. The molecule has 1 saturated heterocycles. The molecule has 0 spiro atoms. The van der Waals surface area contributed by atoms with Gasteiger partial charge >= 0.3 is 5.97 Å². The smallest absolute Gasteiger partial charge is 0.340 e. The van der Waals surface area contributed by atoms with Crippen LogP contribution in [0, 0.1) is 13.8 Å². The van der Waals surface area contributed by atoms with Gasteiger partial charge in [-0.15, -0.1) is 0 Å². The maximum absolute atomic E-state index is 12.0. The molecule has 0 N–H and O–H groups in total. The number of benzene rings is 1. The van der Waals surface area contributed by atoms with Gasteiger partial charge < -0.3 is 18.9 Å². The highest BCUT2D eigenvalue weighted by Gasteiger charge is 2.20. The van der Waals surface area contributed by atoms with Gasteiger partial charge in [0.15, 0.2) is 0 Å². The molecule has 0 radical (unpaired) electrons. The third-order valence-electron chi connectivity index (χ3n) is 2.92. The van der Waals surface area contributed by atoms with E-state index in [1.54, 1.807) is 19.2 Å². The second kappa shape index (κ2) is 6.04. The number of rotatable bonds is 3. The molecule has 1 aromatic rings. The summed E-state index contributed by atoms with van der Waals surface area (Å²) in [5, 5.41) is 0. The van der Waals surface area contributed by atoms with E-state index in [2.05, 4.69) is 0 Å². The van der Waals surface area contributed by atoms with E-state index in [9.17, 15) is 4.79 Å². The van der Waals surface area contributed by atoms with Crippen molar-refractivity contribution in [2.45, 2.75) is 20.1 Å². The van der Waals surface area contributed by atoms with Crippen molar-refractivity contribution in [3.05, 3.63) is 28.8 Å². The molecule has 0 aliphatic carbocycles. The minimum absolute atomic E-state index is 0.278. The first-order valence-corrected chi connectivity index (χ1v) is 6.17. The quantitative estimate of drug-likeness (QED) is 0.781. The van der Waals surface area contributed by atoms with Crippen molar-refractivity contribution in [3.63, 3.8) is 0 Å². The van der Waals surface area contributed by atoms with Crippen LogP contribution in [0.1, 0.15) is 21.5 Å². The molecular weight excluding hydrogens is 248 g/mol. The van der Waals surface area contributed by atoms with E-state index >= 15 is 0 Å². The number of ether oxygens (including phenoxy) is 4. The van der Waals surface area contributed by atoms with E-state index in [0.29, 0.717) is 18.8 Å². The molecule has 1 atom stereocenters. The van der Waals surface area contributed by atoms with E-state index in [1.807, 2.05) is 13.8 Å². The van der Waals surface area contributed by atoms with Gasteiger partial charge in [-0.2, -0.15) is 0 Å². The maximum atomic E-state index is 12.0. The van der Waals surface area contributed by atoms with Gasteiger partial charge in [0.25, 0.3) is 0 Å². The Hall–Kier alpha value is -1.59. The lowest BCUT2D eigenvalue weighted by atomic mass is 10.1. The molecule has 1 aliphatic rings. The minimum Gasteiger partial charge on any atom is -0.496 e. The van der Waals surface area contributed by atoms with Crippen LogP contribution < -0.4 is 4.74 Å². The number of carbonyl (C=O) groups is 1. The zero-order chi connectivity index (χ0) is 13.8. The Kier molecular flexibility index (Phi) is 4.39. The SMILES string of the molecule is COc1c(C)cc(C(=O)OC2COCCO2)cc1C. The van der Waals surface area contributed by atoms with Gasteiger partial charge in [-0.05, 0) is 37.1 Å². The highest BCUT2D eigenvalue weighted by Crippen LogP contribution is 2.24. The first-order chi connectivity index (χ1) is 9.11. The fraction of sp³-hybridized carbons (Fsp3) is 0.500. The van der Waals surface area contributed by atoms with E-state index in [1.165, 1.54) is 0 Å². The number of carbonyl (C=O) groups excluding carboxylic acids is 1. The molecule has 1 heterocycles. The number of esters is 1. The number of hydrogen-bond acceptors (Lipinski definition) is 5. The predicted octanol–water partition coefficient (Wildman–Crippen LogP) is 1.84. The Balaban J connectivity index is 2.10. The lowest BCUT2D eigenvalue weighted by Crippen LogP contribution is -2.32. The summed E-state index contributed by atoms with van der Waals surface area (Å²) in [4.78, 5) is 12.0. The lowest BCUT2D eigenvalue weighted by Gasteiger charge is -2.22. The van der Waals surface area contributed by atoms with Crippen LogP contribution in [0.15, 0.2) is 12.1 Å². The summed E-state index contributed by atoms with van der Waals surface area (Å²) in [7, 11) is 1.61. The molecule has 1 fully saturated rings. The molecule has 1 unspecified atom stereocenters. The second-order valence-corrected chi connectivity index (χ2v) is 4.42. The molecule has 0 amide bonds. The van der Waals surface area contributed by atoms with Crippen LogP contribution in [-0.2, 0) is 14.2 Å². The summed E-state index contributed by atoms with van der Waals surface area (Å²) in [6.07, 6.45) is -0.621. The van der Waals surface area contributed by atoms with Crippen molar-refractivity contribution in [2.75, 3.05) is 26.9 Å². The fourth-order valence-electron chi connectivity index (χ4n) is 2.11. The summed E-state index contributed by atoms with van der Waals surface area (Å²) in [6.45, 7) is 5.04. The monoisotopic (exact) mass is 266 g/mol. The van der Waals surface area contributed by atoms with Crippen molar-refractivity contribution >= 4 is 5.97 Å². The summed E-state index contributed by atoms with van der Waals surface area (Å²) < 4.78 is 21.0. The third kappa shape index (κ3) is 3.24. The van der Waals surface area contributed by atoms with Crippen LogP contribution in [0.5, 0.6) is 5.75 Å². The van der Waals surface area contributed by atoms with E-state index in [-0.39, 0.29) is 6.61 Å². The van der Waals surface area contributed by atoms with Crippen LogP contribution >= 0.6 is 0 Å². The molecule has 5 nitrogen and oxygen atoms in total. The molecule has 0 bridgehead atoms. The van der Waals surface area contributed by atoms with Crippen molar-refractivity contribution in [2.24, 2.45) is 0 Å². The fourth-order valence-corrected chi connectivity index (χ4v) is 2.11. The Morgan fingerprint density at radius 3 is 2.47 bits per heavy atom. The standard InChI is InChI=1S/C14H18O5/c1-9-6-11(7-10(2)13(9)16-3)14(15)19-12-8-17-4-5-18-12/h6-7,12H,4-5,8H2,1-3H3. The van der Waals surface area contributed by atoms with Crippen molar-refractivity contribution in [3.8, 4) is 5.75 Å². The predicted molar refractivity (Wildman–Crippen MR) is 68.4 cm³/mol.